The van der Waals surface area contributed by atoms with Crippen molar-refractivity contribution in [2.75, 3.05) is 25.4 Å². The Morgan fingerprint density at radius 2 is 1.81 bits per heavy atom. The molecule has 0 aromatic rings. The summed E-state index contributed by atoms with van der Waals surface area (Å²) in [7, 11) is -2.95. The molecule has 1 aliphatic carbocycles. The van der Waals surface area contributed by atoms with E-state index in [4.69, 9.17) is 0 Å². The van der Waals surface area contributed by atoms with Crippen LogP contribution in [0.1, 0.15) is 32.6 Å². The van der Waals surface area contributed by atoms with E-state index in [0.29, 0.717) is 19.0 Å². The minimum absolute atomic E-state index is 0.234. The molecule has 1 aliphatic heterocycles. The average Bonchev–Trinajstić information content (AvgIpc) is 3.11. The lowest BCUT2D eigenvalue weighted by Gasteiger charge is -2.31. The highest BCUT2D eigenvalue weighted by atomic mass is 32.2. The number of hydrogen-bond donors (Lipinski definition) is 1. The van der Waals surface area contributed by atoms with Gasteiger partial charge in [0.25, 0.3) is 0 Å². The van der Waals surface area contributed by atoms with Crippen molar-refractivity contribution in [1.29, 1.82) is 0 Å². The lowest BCUT2D eigenvalue weighted by atomic mass is 9.98. The van der Waals surface area contributed by atoms with Gasteiger partial charge in [-0.15, -0.1) is 0 Å². The second-order valence-corrected chi connectivity index (χ2v) is 7.18. The van der Waals surface area contributed by atoms with E-state index in [0.717, 1.165) is 25.4 Å². The summed E-state index contributed by atoms with van der Waals surface area (Å²) in [6, 6.07) is 0.761. The Labute approximate surface area is 98.4 Å². The second kappa shape index (κ2) is 5.02. The maximum atomic E-state index is 11.6. The summed E-state index contributed by atoms with van der Waals surface area (Å²) >= 11 is 0. The summed E-state index contributed by atoms with van der Waals surface area (Å²) in [5, 5.41) is 3.53. The highest BCUT2D eigenvalue weighted by molar-refractivity contribution is 7.89. The topological polar surface area (TPSA) is 49.4 Å². The third-order valence-corrected chi connectivity index (χ3v) is 5.49. The fraction of sp³-hybridized carbons (Fsp3) is 1.00. The molecule has 16 heavy (non-hydrogen) atoms. The zero-order valence-corrected chi connectivity index (χ0v) is 10.8. The van der Waals surface area contributed by atoms with Crippen molar-refractivity contribution in [2.45, 2.75) is 38.6 Å². The molecule has 0 spiro atoms. The summed E-state index contributed by atoms with van der Waals surface area (Å²) in [5.74, 6) is 0.904. The lowest BCUT2D eigenvalue weighted by Crippen LogP contribution is -2.41. The Kier molecular flexibility index (Phi) is 3.87. The first kappa shape index (κ1) is 12.3. The number of piperidine rings is 1. The maximum Gasteiger partial charge on any atom is 0.213 e. The molecule has 2 fully saturated rings. The molecule has 1 N–H and O–H groups in total. The molecule has 2 rings (SSSR count). The van der Waals surface area contributed by atoms with E-state index in [1.54, 1.807) is 11.2 Å². The molecule has 2 aliphatic rings. The van der Waals surface area contributed by atoms with Crippen LogP contribution in [0.4, 0.5) is 0 Å². The fourth-order valence-electron chi connectivity index (χ4n) is 2.19. The largest absolute Gasteiger partial charge is 0.314 e. The molecular weight excluding hydrogens is 224 g/mol. The number of sulfonamides is 1. The van der Waals surface area contributed by atoms with Crippen LogP contribution < -0.4 is 5.32 Å². The fourth-order valence-corrected chi connectivity index (χ4v) is 3.33. The quantitative estimate of drug-likeness (QED) is 0.780. The van der Waals surface area contributed by atoms with Crippen molar-refractivity contribution in [3.8, 4) is 0 Å². The molecule has 0 aromatic carbocycles. The summed E-state index contributed by atoms with van der Waals surface area (Å²) in [5.41, 5.74) is 0. The molecule has 0 unspecified atom stereocenters. The van der Waals surface area contributed by atoms with Crippen molar-refractivity contribution in [3.05, 3.63) is 0 Å². The van der Waals surface area contributed by atoms with Gasteiger partial charge in [-0.05, 0) is 45.1 Å². The van der Waals surface area contributed by atoms with Crippen molar-refractivity contribution in [1.82, 2.24) is 9.62 Å². The van der Waals surface area contributed by atoms with Crippen LogP contribution in [0.5, 0.6) is 0 Å². The highest BCUT2D eigenvalue weighted by Gasteiger charge is 2.28. The molecule has 1 heterocycles. The molecule has 4 nitrogen and oxygen atoms in total. The first-order chi connectivity index (χ1) is 7.62. The summed E-state index contributed by atoms with van der Waals surface area (Å²) in [6.07, 6.45) is 4.67. The van der Waals surface area contributed by atoms with E-state index in [9.17, 15) is 8.42 Å². The maximum absolute atomic E-state index is 11.6. The predicted molar refractivity (Wildman–Crippen MR) is 64.8 cm³/mol. The van der Waals surface area contributed by atoms with E-state index in [1.165, 1.54) is 12.8 Å². The zero-order chi connectivity index (χ0) is 11.6. The monoisotopic (exact) mass is 246 g/mol. The van der Waals surface area contributed by atoms with Gasteiger partial charge in [0.05, 0.1) is 5.75 Å². The number of nitrogens with one attached hydrogen (secondary N) is 1. The van der Waals surface area contributed by atoms with Crippen molar-refractivity contribution >= 4 is 10.0 Å². The third-order valence-electron chi connectivity index (χ3n) is 3.60. The minimum atomic E-state index is -2.95. The van der Waals surface area contributed by atoms with Gasteiger partial charge in [0.2, 0.25) is 10.0 Å². The summed E-state index contributed by atoms with van der Waals surface area (Å²) in [6.45, 7) is 4.22. The molecular formula is C11H22N2O2S. The van der Waals surface area contributed by atoms with E-state index in [2.05, 4.69) is 5.32 Å². The predicted octanol–water partition coefficient (Wildman–Crippen LogP) is 0.800. The van der Waals surface area contributed by atoms with Crippen LogP contribution in [0.2, 0.25) is 0 Å². The molecule has 0 atom stereocenters. The summed E-state index contributed by atoms with van der Waals surface area (Å²) < 4.78 is 24.9. The Morgan fingerprint density at radius 3 is 2.31 bits per heavy atom. The molecule has 94 valence electrons. The minimum Gasteiger partial charge on any atom is -0.314 e. The lowest BCUT2D eigenvalue weighted by molar-refractivity contribution is 0.267. The Balaban J connectivity index is 1.73. The van der Waals surface area contributed by atoms with Crippen molar-refractivity contribution < 1.29 is 8.42 Å². The smallest absolute Gasteiger partial charge is 0.213 e. The van der Waals surface area contributed by atoms with Gasteiger partial charge in [-0.3, -0.25) is 0 Å². The van der Waals surface area contributed by atoms with Gasteiger partial charge in [0.15, 0.2) is 0 Å². The van der Waals surface area contributed by atoms with Gasteiger partial charge in [-0.2, -0.15) is 0 Å². The third kappa shape index (κ3) is 3.18. The van der Waals surface area contributed by atoms with Gasteiger partial charge in [0.1, 0.15) is 0 Å². The van der Waals surface area contributed by atoms with E-state index >= 15 is 0 Å². The van der Waals surface area contributed by atoms with Crippen LogP contribution >= 0.6 is 0 Å². The Hall–Kier alpha value is -0.130. The van der Waals surface area contributed by atoms with E-state index < -0.39 is 10.0 Å². The SMILES string of the molecule is CCS(=O)(=O)N1CCC(CNC2CC2)CC1. The number of rotatable bonds is 5. The van der Waals surface area contributed by atoms with Gasteiger partial charge in [-0.25, -0.2) is 12.7 Å². The van der Waals surface area contributed by atoms with E-state index in [-0.39, 0.29) is 5.75 Å². The van der Waals surface area contributed by atoms with Gasteiger partial charge >= 0.3 is 0 Å². The zero-order valence-electron chi connectivity index (χ0n) is 9.98. The van der Waals surface area contributed by atoms with Crippen LogP contribution in [-0.2, 0) is 10.0 Å². The first-order valence-corrected chi connectivity index (χ1v) is 7.94. The molecule has 0 radical (unpaired) electrons. The van der Waals surface area contributed by atoms with Crippen LogP contribution in [-0.4, -0.2) is 44.2 Å². The standard InChI is InChI=1S/C11H22N2O2S/c1-2-16(14,15)13-7-5-10(6-8-13)9-12-11-3-4-11/h10-12H,2-9H2,1H3. The van der Waals surface area contributed by atoms with Crippen molar-refractivity contribution in [2.24, 2.45) is 5.92 Å². The Morgan fingerprint density at radius 1 is 1.19 bits per heavy atom. The van der Waals surface area contributed by atoms with Gasteiger partial charge in [0, 0.05) is 19.1 Å². The van der Waals surface area contributed by atoms with Crippen LogP contribution in [0.3, 0.4) is 0 Å². The number of hydrogen-bond acceptors (Lipinski definition) is 3. The van der Waals surface area contributed by atoms with Crippen molar-refractivity contribution in [3.63, 3.8) is 0 Å². The van der Waals surface area contributed by atoms with Gasteiger partial charge in [-0.1, -0.05) is 0 Å². The molecule has 0 amide bonds. The van der Waals surface area contributed by atoms with Gasteiger partial charge < -0.3 is 5.32 Å². The summed E-state index contributed by atoms with van der Waals surface area (Å²) in [4.78, 5) is 0. The Bertz CT molecular complexity index is 317. The normalized spacial score (nSPS) is 24.8. The van der Waals surface area contributed by atoms with Crippen LogP contribution in [0.15, 0.2) is 0 Å². The van der Waals surface area contributed by atoms with Crippen LogP contribution in [0.25, 0.3) is 0 Å². The van der Waals surface area contributed by atoms with E-state index in [1.807, 2.05) is 0 Å². The number of nitrogens with zero attached hydrogens (tertiary/aromatic N) is 1. The first-order valence-electron chi connectivity index (χ1n) is 6.33. The molecule has 5 heteroatoms. The molecule has 1 saturated carbocycles. The van der Waals surface area contributed by atoms with Crippen LogP contribution in [0, 0.1) is 5.92 Å². The average molecular weight is 246 g/mol. The second-order valence-electron chi connectivity index (χ2n) is 4.93. The molecule has 0 aromatic heterocycles. The molecule has 0 bridgehead atoms. The molecule has 1 saturated heterocycles. The highest BCUT2D eigenvalue weighted by Crippen LogP contribution is 2.22.